The van der Waals surface area contributed by atoms with Gasteiger partial charge >= 0.3 is 6.09 Å². The zero-order valence-electron chi connectivity index (χ0n) is 16.4. The highest BCUT2D eigenvalue weighted by Gasteiger charge is 2.27. The van der Waals surface area contributed by atoms with Gasteiger partial charge in [-0.1, -0.05) is 0 Å². The van der Waals surface area contributed by atoms with Gasteiger partial charge in [-0.15, -0.1) is 0 Å². The van der Waals surface area contributed by atoms with E-state index in [2.05, 4.69) is 11.0 Å². The molecule has 0 N–H and O–H groups in total. The fourth-order valence-corrected chi connectivity index (χ4v) is 2.92. The summed E-state index contributed by atoms with van der Waals surface area (Å²) in [5.41, 5.74) is 1.17. The van der Waals surface area contributed by atoms with Crippen LogP contribution < -0.4 is 4.74 Å². The number of benzene rings is 1. The molecule has 1 aromatic carbocycles. The molecule has 0 aromatic heterocycles. The molecule has 1 saturated heterocycles. The zero-order chi connectivity index (χ0) is 19.3. The smallest absolute Gasteiger partial charge is 0.410 e. The summed E-state index contributed by atoms with van der Waals surface area (Å²) < 4.78 is 11.5. The molecule has 6 nitrogen and oxygen atoms in total. The normalized spacial score (nSPS) is 15.7. The quantitative estimate of drug-likeness (QED) is 0.824. The van der Waals surface area contributed by atoms with Gasteiger partial charge in [0.15, 0.2) is 0 Å². The van der Waals surface area contributed by atoms with Crippen molar-refractivity contribution < 1.29 is 14.3 Å². The summed E-state index contributed by atoms with van der Waals surface area (Å²) >= 11 is 0. The van der Waals surface area contributed by atoms with Crippen LogP contribution in [-0.4, -0.2) is 54.8 Å². The summed E-state index contributed by atoms with van der Waals surface area (Å²) in [4.78, 5) is 15.9. The molecule has 0 spiro atoms. The fraction of sp³-hybridized carbons (Fsp3) is 0.600. The Bertz CT molecular complexity index is 666. The van der Waals surface area contributed by atoms with E-state index in [0.29, 0.717) is 18.7 Å². The van der Waals surface area contributed by atoms with Gasteiger partial charge in [0.25, 0.3) is 0 Å². The van der Waals surface area contributed by atoms with Crippen molar-refractivity contribution in [3.05, 3.63) is 29.3 Å². The van der Waals surface area contributed by atoms with Gasteiger partial charge in [-0.25, -0.2) is 4.79 Å². The van der Waals surface area contributed by atoms with Gasteiger partial charge in [-0.3, -0.25) is 0 Å². The first-order valence-electron chi connectivity index (χ1n) is 8.99. The molecule has 1 aliphatic heterocycles. The summed E-state index contributed by atoms with van der Waals surface area (Å²) in [5, 5.41) is 9.24. The Hall–Kier alpha value is -2.26. The van der Waals surface area contributed by atoms with Crippen LogP contribution in [0.3, 0.4) is 0 Å². The largest absolute Gasteiger partial charge is 0.490 e. The van der Waals surface area contributed by atoms with Crippen LogP contribution in [0.5, 0.6) is 5.75 Å². The summed E-state index contributed by atoms with van der Waals surface area (Å²) in [6.45, 7) is 7.59. The zero-order valence-corrected chi connectivity index (χ0v) is 16.4. The SMILES string of the molecule is CN(C)Cc1cc(C#N)cc(OC2CCN(C(=O)OC(C)(C)C)CC2)c1. The van der Waals surface area contributed by atoms with Gasteiger partial charge in [0.05, 0.1) is 11.6 Å². The van der Waals surface area contributed by atoms with E-state index in [1.165, 1.54) is 0 Å². The molecule has 0 aliphatic carbocycles. The summed E-state index contributed by atoms with van der Waals surface area (Å²) in [6.07, 6.45) is 1.27. The number of hydrogen-bond donors (Lipinski definition) is 0. The minimum atomic E-state index is -0.481. The second kappa shape index (κ2) is 8.41. The third kappa shape index (κ3) is 6.23. The molecule has 1 aromatic rings. The molecule has 26 heavy (non-hydrogen) atoms. The maximum Gasteiger partial charge on any atom is 0.410 e. The Balaban J connectivity index is 1.95. The van der Waals surface area contributed by atoms with E-state index in [-0.39, 0.29) is 12.2 Å². The van der Waals surface area contributed by atoms with Crippen molar-refractivity contribution >= 4 is 6.09 Å². The van der Waals surface area contributed by atoms with E-state index >= 15 is 0 Å². The van der Waals surface area contributed by atoms with Crippen molar-refractivity contribution in [2.24, 2.45) is 0 Å². The molecule has 1 fully saturated rings. The predicted molar refractivity (Wildman–Crippen MR) is 100 cm³/mol. The van der Waals surface area contributed by atoms with Crippen molar-refractivity contribution in [3.63, 3.8) is 0 Å². The molecule has 142 valence electrons. The van der Waals surface area contributed by atoms with E-state index in [0.717, 1.165) is 30.7 Å². The van der Waals surface area contributed by atoms with E-state index in [9.17, 15) is 10.1 Å². The molecular formula is C20H29N3O3. The number of piperidine rings is 1. The first kappa shape index (κ1) is 20.1. The van der Waals surface area contributed by atoms with E-state index in [1.807, 2.05) is 47.0 Å². The lowest BCUT2D eigenvalue weighted by Crippen LogP contribution is -2.44. The van der Waals surface area contributed by atoms with Crippen LogP contribution in [0, 0.1) is 11.3 Å². The molecule has 1 amide bonds. The molecule has 0 saturated carbocycles. The van der Waals surface area contributed by atoms with Crippen molar-refractivity contribution in [3.8, 4) is 11.8 Å². The van der Waals surface area contributed by atoms with E-state index < -0.39 is 5.60 Å². The maximum absolute atomic E-state index is 12.1. The van der Waals surface area contributed by atoms with Gasteiger partial charge in [-0.05, 0) is 58.6 Å². The fourth-order valence-electron chi connectivity index (χ4n) is 2.92. The van der Waals surface area contributed by atoms with Crippen LogP contribution in [0.4, 0.5) is 4.79 Å². The lowest BCUT2D eigenvalue weighted by Gasteiger charge is -2.33. The van der Waals surface area contributed by atoms with Gasteiger partial charge in [0, 0.05) is 32.5 Å². The number of nitriles is 1. The average molecular weight is 359 g/mol. The number of hydrogen-bond acceptors (Lipinski definition) is 5. The van der Waals surface area contributed by atoms with Crippen molar-refractivity contribution in [1.82, 2.24) is 9.80 Å². The van der Waals surface area contributed by atoms with Crippen LogP contribution in [0.15, 0.2) is 18.2 Å². The van der Waals surface area contributed by atoms with Crippen LogP contribution >= 0.6 is 0 Å². The Morgan fingerprint density at radius 3 is 2.46 bits per heavy atom. The van der Waals surface area contributed by atoms with Gasteiger partial charge < -0.3 is 19.3 Å². The lowest BCUT2D eigenvalue weighted by molar-refractivity contribution is 0.0126. The van der Waals surface area contributed by atoms with Crippen molar-refractivity contribution in [2.75, 3.05) is 27.2 Å². The monoisotopic (exact) mass is 359 g/mol. The van der Waals surface area contributed by atoms with Crippen LogP contribution in [0.25, 0.3) is 0 Å². The van der Waals surface area contributed by atoms with Gasteiger partial charge in [-0.2, -0.15) is 5.26 Å². The topological polar surface area (TPSA) is 65.8 Å². The number of carbonyl (C=O) groups excluding carboxylic acids is 1. The first-order valence-corrected chi connectivity index (χ1v) is 8.99. The highest BCUT2D eigenvalue weighted by Crippen LogP contribution is 2.23. The van der Waals surface area contributed by atoms with E-state index in [1.54, 1.807) is 11.0 Å². The molecular weight excluding hydrogens is 330 g/mol. The Kier molecular flexibility index (Phi) is 6.49. The number of rotatable bonds is 4. The highest BCUT2D eigenvalue weighted by molar-refractivity contribution is 5.68. The Labute approximate surface area is 156 Å². The summed E-state index contributed by atoms with van der Waals surface area (Å²) in [6, 6.07) is 7.85. The second-order valence-corrected chi connectivity index (χ2v) is 8.00. The third-order valence-electron chi connectivity index (χ3n) is 3.99. The summed E-state index contributed by atoms with van der Waals surface area (Å²) in [5.74, 6) is 0.719. The minimum Gasteiger partial charge on any atom is -0.490 e. The van der Waals surface area contributed by atoms with E-state index in [4.69, 9.17) is 9.47 Å². The molecule has 6 heteroatoms. The molecule has 2 rings (SSSR count). The Morgan fingerprint density at radius 1 is 1.27 bits per heavy atom. The standard InChI is InChI=1S/C20H29N3O3/c1-20(2,3)26-19(24)23-8-6-17(7-9-23)25-18-11-15(13-21)10-16(12-18)14-22(4)5/h10-12,17H,6-9,14H2,1-5H3. The molecule has 0 atom stereocenters. The number of carbonyl (C=O) groups is 1. The average Bonchev–Trinajstić information content (AvgIpc) is 2.53. The molecule has 0 bridgehead atoms. The van der Waals surface area contributed by atoms with Crippen LogP contribution in [0.2, 0.25) is 0 Å². The lowest BCUT2D eigenvalue weighted by atomic mass is 10.1. The Morgan fingerprint density at radius 2 is 1.92 bits per heavy atom. The predicted octanol–water partition coefficient (Wildman–Crippen LogP) is 3.40. The second-order valence-electron chi connectivity index (χ2n) is 8.00. The molecule has 0 unspecified atom stereocenters. The number of likely N-dealkylation sites (tertiary alicyclic amines) is 1. The maximum atomic E-state index is 12.1. The van der Waals surface area contributed by atoms with Crippen molar-refractivity contribution in [2.45, 2.75) is 51.9 Å². The highest BCUT2D eigenvalue weighted by atomic mass is 16.6. The number of amides is 1. The van der Waals surface area contributed by atoms with Crippen LogP contribution in [-0.2, 0) is 11.3 Å². The molecule has 1 heterocycles. The number of ether oxygens (including phenoxy) is 2. The molecule has 1 aliphatic rings. The van der Waals surface area contributed by atoms with Gasteiger partial charge in [0.2, 0.25) is 0 Å². The summed E-state index contributed by atoms with van der Waals surface area (Å²) in [7, 11) is 3.98. The first-order chi connectivity index (χ1) is 12.2. The van der Waals surface area contributed by atoms with Gasteiger partial charge in [0.1, 0.15) is 17.5 Å². The minimum absolute atomic E-state index is 0.0369. The van der Waals surface area contributed by atoms with Crippen molar-refractivity contribution in [1.29, 1.82) is 5.26 Å². The molecule has 0 radical (unpaired) electrons. The third-order valence-corrected chi connectivity index (χ3v) is 3.99. The number of nitrogens with zero attached hydrogens (tertiary/aromatic N) is 3. The van der Waals surface area contributed by atoms with Crippen LogP contribution in [0.1, 0.15) is 44.7 Å².